The summed E-state index contributed by atoms with van der Waals surface area (Å²) in [5.74, 6) is 0.805. The maximum absolute atomic E-state index is 12.7. The average molecular weight is 396 g/mol. The normalized spacial score (nSPS) is 15.2. The zero-order chi connectivity index (χ0) is 20.6. The van der Waals surface area contributed by atoms with Gasteiger partial charge in [-0.15, -0.1) is 0 Å². The van der Waals surface area contributed by atoms with E-state index in [0.29, 0.717) is 22.7 Å². The Hall–Kier alpha value is -3.02. The van der Waals surface area contributed by atoms with Crippen LogP contribution in [-0.4, -0.2) is 31.1 Å². The molecule has 0 aromatic heterocycles. The van der Waals surface area contributed by atoms with Gasteiger partial charge in [0.25, 0.3) is 11.8 Å². The highest BCUT2D eigenvalue weighted by Gasteiger charge is 2.21. The quantitative estimate of drug-likeness (QED) is 0.737. The van der Waals surface area contributed by atoms with E-state index in [-0.39, 0.29) is 17.9 Å². The number of amides is 2. The molecule has 0 spiro atoms. The van der Waals surface area contributed by atoms with Crippen LogP contribution in [0.5, 0.6) is 11.5 Å². The number of nitrogens with one attached hydrogen (secondary N) is 2. The molecule has 0 heterocycles. The first-order chi connectivity index (χ1) is 14.1. The molecule has 0 bridgehead atoms. The van der Waals surface area contributed by atoms with Crippen molar-refractivity contribution >= 4 is 17.5 Å². The van der Waals surface area contributed by atoms with Crippen LogP contribution >= 0.6 is 0 Å². The minimum Gasteiger partial charge on any atom is -0.497 e. The first kappa shape index (κ1) is 20.7. The molecule has 1 aliphatic rings. The monoisotopic (exact) mass is 396 g/mol. The Morgan fingerprint density at radius 1 is 0.966 bits per heavy atom. The fourth-order valence-electron chi connectivity index (χ4n) is 3.45. The van der Waals surface area contributed by atoms with E-state index in [4.69, 9.17) is 9.47 Å². The van der Waals surface area contributed by atoms with Crippen molar-refractivity contribution < 1.29 is 19.1 Å². The molecule has 2 aromatic carbocycles. The van der Waals surface area contributed by atoms with Crippen LogP contribution in [0.2, 0.25) is 0 Å². The van der Waals surface area contributed by atoms with E-state index in [0.717, 1.165) is 25.7 Å². The van der Waals surface area contributed by atoms with Gasteiger partial charge in [-0.3, -0.25) is 9.59 Å². The number of anilines is 1. The van der Waals surface area contributed by atoms with Gasteiger partial charge in [-0.2, -0.15) is 0 Å². The van der Waals surface area contributed by atoms with Crippen LogP contribution in [0.3, 0.4) is 0 Å². The van der Waals surface area contributed by atoms with Crippen LogP contribution in [0.15, 0.2) is 48.5 Å². The van der Waals surface area contributed by atoms with Gasteiger partial charge in [-0.1, -0.05) is 31.4 Å². The molecule has 1 atom stereocenters. The summed E-state index contributed by atoms with van der Waals surface area (Å²) in [7, 11) is 1.59. The van der Waals surface area contributed by atoms with Crippen molar-refractivity contribution in [1.29, 1.82) is 0 Å². The van der Waals surface area contributed by atoms with Crippen LogP contribution in [-0.2, 0) is 4.79 Å². The standard InChI is InChI=1S/C23H28N2O4/c1-16(29-19-14-12-18(28-2)13-15-19)22(26)25-21-11-7-6-10-20(21)23(27)24-17-8-4-3-5-9-17/h6-7,10-17H,3-5,8-9H2,1-2H3,(H,24,27)(H,25,26)/t16-/m1/s1. The third-order valence-electron chi connectivity index (χ3n) is 5.11. The van der Waals surface area contributed by atoms with Crippen LogP contribution in [0, 0.1) is 0 Å². The highest BCUT2D eigenvalue weighted by atomic mass is 16.5. The molecule has 29 heavy (non-hydrogen) atoms. The molecule has 3 rings (SSSR count). The number of hydrogen-bond acceptors (Lipinski definition) is 4. The number of ether oxygens (including phenoxy) is 2. The highest BCUT2D eigenvalue weighted by Crippen LogP contribution is 2.21. The van der Waals surface area contributed by atoms with Crippen molar-refractivity contribution in [2.24, 2.45) is 0 Å². The topological polar surface area (TPSA) is 76.7 Å². The Morgan fingerprint density at radius 3 is 2.31 bits per heavy atom. The molecule has 1 aliphatic carbocycles. The lowest BCUT2D eigenvalue weighted by atomic mass is 9.95. The van der Waals surface area contributed by atoms with Crippen molar-refractivity contribution in [3.63, 3.8) is 0 Å². The minimum absolute atomic E-state index is 0.156. The van der Waals surface area contributed by atoms with E-state index in [1.165, 1.54) is 6.42 Å². The van der Waals surface area contributed by atoms with E-state index in [1.54, 1.807) is 62.6 Å². The predicted octanol–water partition coefficient (Wildman–Crippen LogP) is 4.16. The van der Waals surface area contributed by atoms with Gasteiger partial charge in [-0.25, -0.2) is 0 Å². The van der Waals surface area contributed by atoms with E-state index in [9.17, 15) is 9.59 Å². The first-order valence-corrected chi connectivity index (χ1v) is 10.1. The van der Waals surface area contributed by atoms with E-state index in [1.807, 2.05) is 0 Å². The lowest BCUT2D eigenvalue weighted by Gasteiger charge is -2.23. The lowest BCUT2D eigenvalue weighted by molar-refractivity contribution is -0.122. The molecule has 0 saturated heterocycles. The summed E-state index contributed by atoms with van der Waals surface area (Å²) < 4.78 is 10.8. The average Bonchev–Trinajstić information content (AvgIpc) is 2.75. The third-order valence-corrected chi connectivity index (χ3v) is 5.11. The third kappa shape index (κ3) is 5.73. The molecule has 6 heteroatoms. The van der Waals surface area contributed by atoms with Crippen molar-refractivity contribution in [1.82, 2.24) is 5.32 Å². The largest absolute Gasteiger partial charge is 0.497 e. The Labute approximate surface area is 171 Å². The Balaban J connectivity index is 1.62. The van der Waals surface area contributed by atoms with Crippen LogP contribution in [0.4, 0.5) is 5.69 Å². The maximum atomic E-state index is 12.7. The Bertz CT molecular complexity index is 829. The van der Waals surface area contributed by atoms with Crippen LogP contribution in [0.1, 0.15) is 49.4 Å². The number of carbonyl (C=O) groups is 2. The lowest BCUT2D eigenvalue weighted by Crippen LogP contribution is -2.37. The van der Waals surface area contributed by atoms with Gasteiger partial charge in [0, 0.05) is 6.04 Å². The second kappa shape index (κ2) is 9.96. The number of benzene rings is 2. The van der Waals surface area contributed by atoms with Crippen LogP contribution in [0.25, 0.3) is 0 Å². The summed E-state index contributed by atoms with van der Waals surface area (Å²) in [6.45, 7) is 1.67. The maximum Gasteiger partial charge on any atom is 0.265 e. The van der Waals surface area contributed by atoms with Gasteiger partial charge in [-0.05, 0) is 56.2 Å². The molecular weight excluding hydrogens is 368 g/mol. The Kier molecular flexibility index (Phi) is 7.11. The van der Waals surface area contributed by atoms with Gasteiger partial charge in [0.05, 0.1) is 18.4 Å². The summed E-state index contributed by atoms with van der Waals surface area (Å²) in [5.41, 5.74) is 0.944. The zero-order valence-corrected chi connectivity index (χ0v) is 16.9. The SMILES string of the molecule is COc1ccc(O[C@H](C)C(=O)Nc2ccccc2C(=O)NC2CCCCC2)cc1. The molecule has 2 amide bonds. The zero-order valence-electron chi connectivity index (χ0n) is 16.9. The first-order valence-electron chi connectivity index (χ1n) is 10.1. The minimum atomic E-state index is -0.724. The smallest absolute Gasteiger partial charge is 0.265 e. The molecule has 0 radical (unpaired) electrons. The molecular formula is C23H28N2O4. The van der Waals surface area contributed by atoms with E-state index < -0.39 is 6.10 Å². The van der Waals surface area contributed by atoms with E-state index >= 15 is 0 Å². The van der Waals surface area contributed by atoms with Gasteiger partial charge < -0.3 is 20.1 Å². The molecule has 0 unspecified atom stereocenters. The summed E-state index contributed by atoms with van der Waals surface area (Å²) in [6, 6.07) is 14.3. The number of hydrogen-bond donors (Lipinski definition) is 2. The van der Waals surface area contributed by atoms with Gasteiger partial charge in [0.2, 0.25) is 0 Å². The molecule has 6 nitrogen and oxygen atoms in total. The summed E-state index contributed by atoms with van der Waals surface area (Å²) in [4.78, 5) is 25.3. The van der Waals surface area contributed by atoms with Crippen molar-refractivity contribution in [3.05, 3.63) is 54.1 Å². The molecule has 1 saturated carbocycles. The fraction of sp³-hybridized carbons (Fsp3) is 0.391. The molecule has 2 aromatic rings. The summed E-state index contributed by atoms with van der Waals surface area (Å²) >= 11 is 0. The van der Waals surface area contributed by atoms with Gasteiger partial charge >= 0.3 is 0 Å². The second-order valence-electron chi connectivity index (χ2n) is 7.28. The molecule has 0 aliphatic heterocycles. The van der Waals surface area contributed by atoms with E-state index in [2.05, 4.69) is 10.6 Å². The summed E-state index contributed by atoms with van der Waals surface area (Å²) in [5, 5.41) is 5.92. The van der Waals surface area contributed by atoms with Gasteiger partial charge in [0.1, 0.15) is 11.5 Å². The van der Waals surface area contributed by atoms with Crippen molar-refractivity contribution in [3.8, 4) is 11.5 Å². The highest BCUT2D eigenvalue weighted by molar-refractivity contribution is 6.04. The van der Waals surface area contributed by atoms with Crippen LogP contribution < -0.4 is 20.1 Å². The predicted molar refractivity (Wildman–Crippen MR) is 112 cm³/mol. The summed E-state index contributed by atoms with van der Waals surface area (Å²) in [6.07, 6.45) is 4.80. The second-order valence-corrected chi connectivity index (χ2v) is 7.28. The number of carbonyl (C=O) groups excluding carboxylic acids is 2. The Morgan fingerprint density at radius 2 is 1.62 bits per heavy atom. The number of para-hydroxylation sites is 1. The van der Waals surface area contributed by atoms with Gasteiger partial charge in [0.15, 0.2) is 6.10 Å². The molecule has 2 N–H and O–H groups in total. The molecule has 1 fully saturated rings. The number of rotatable bonds is 7. The van der Waals surface area contributed by atoms with Crippen molar-refractivity contribution in [2.75, 3.05) is 12.4 Å². The van der Waals surface area contributed by atoms with Crippen molar-refractivity contribution in [2.45, 2.75) is 51.2 Å². The number of methoxy groups -OCH3 is 1. The fourth-order valence-corrected chi connectivity index (χ4v) is 3.45. The molecule has 154 valence electrons.